The second kappa shape index (κ2) is 17.9. The Labute approximate surface area is 380 Å². The molecule has 314 valence electrons. The summed E-state index contributed by atoms with van der Waals surface area (Å²) in [6.07, 6.45) is 11.1. The first-order chi connectivity index (χ1) is 32.6. The minimum absolute atomic E-state index is 0.612. The van der Waals surface area contributed by atoms with Crippen LogP contribution in [0.1, 0.15) is 11.1 Å². The lowest BCUT2D eigenvalue weighted by Gasteiger charge is -2.10. The van der Waals surface area contributed by atoms with Crippen molar-refractivity contribution in [3.05, 3.63) is 224 Å². The number of hydrogen-bond donors (Lipinski definition) is 0. The summed E-state index contributed by atoms with van der Waals surface area (Å²) in [5.74, 6) is 0. The molecule has 0 amide bonds. The minimum Gasteiger partial charge on any atom is -0.268 e. The summed E-state index contributed by atoms with van der Waals surface area (Å²) in [5.41, 5.74) is 16.1. The van der Waals surface area contributed by atoms with Crippen molar-refractivity contribution < 1.29 is 0 Å². The van der Waals surface area contributed by atoms with Crippen molar-refractivity contribution >= 4 is 0 Å². The van der Waals surface area contributed by atoms with Crippen molar-refractivity contribution in [3.8, 4) is 90.6 Å². The van der Waals surface area contributed by atoms with Crippen LogP contribution in [0, 0.1) is 0 Å². The average molecular weight is 854 g/mol. The summed E-state index contributed by atoms with van der Waals surface area (Å²) >= 11 is 0. The smallest absolute Gasteiger partial charge is 0.111 e. The van der Waals surface area contributed by atoms with E-state index in [1.807, 2.05) is 125 Å². The first-order valence-corrected chi connectivity index (χ1v) is 21.6. The van der Waals surface area contributed by atoms with Crippen LogP contribution in [-0.4, -0.2) is 54.4 Å². The first kappa shape index (κ1) is 39.7. The van der Waals surface area contributed by atoms with E-state index in [0.717, 1.165) is 102 Å². The molecule has 0 spiro atoms. The maximum atomic E-state index is 4.98. The number of aromatic nitrogens is 11. The summed E-state index contributed by atoms with van der Waals surface area (Å²) in [4.78, 5) is 33.0. The van der Waals surface area contributed by atoms with Crippen molar-refractivity contribution in [1.82, 2.24) is 54.4 Å². The van der Waals surface area contributed by atoms with Crippen LogP contribution in [0.2, 0.25) is 0 Å². The van der Waals surface area contributed by atoms with Crippen LogP contribution in [0.5, 0.6) is 0 Å². The Morgan fingerprint density at radius 1 is 0.273 bits per heavy atom. The first-order valence-electron chi connectivity index (χ1n) is 21.6. The molecule has 0 radical (unpaired) electrons. The SMILES string of the molecule is c1ccc(-c2cc(-c3ccc(Cn4ccc(-c5cccc(-c6ccn(Cc7ccc(-c8cc(-c9ccccn9)nc(-c9ccccn9)c8)cc7)n6)n5)n4)cc3)cc(-c3ccccn3)n2)nc1. The third kappa shape index (κ3) is 8.77. The molecule has 0 aliphatic rings. The molecular formula is C55H39N11. The lowest BCUT2D eigenvalue weighted by Crippen LogP contribution is -2.01. The van der Waals surface area contributed by atoms with Gasteiger partial charge in [0.25, 0.3) is 0 Å². The van der Waals surface area contributed by atoms with Gasteiger partial charge in [-0.15, -0.1) is 0 Å². The molecule has 0 unspecified atom stereocenters. The zero-order chi connectivity index (χ0) is 44.1. The third-order valence-electron chi connectivity index (χ3n) is 11.2. The van der Waals surface area contributed by atoms with Gasteiger partial charge in [-0.2, -0.15) is 10.2 Å². The van der Waals surface area contributed by atoms with E-state index in [1.165, 1.54) is 0 Å². The summed E-state index contributed by atoms with van der Waals surface area (Å²) < 4.78 is 3.88. The number of rotatable bonds is 12. The zero-order valence-electron chi connectivity index (χ0n) is 35.5. The van der Waals surface area contributed by atoms with E-state index in [9.17, 15) is 0 Å². The van der Waals surface area contributed by atoms with E-state index in [-0.39, 0.29) is 0 Å². The van der Waals surface area contributed by atoms with Gasteiger partial charge in [0.05, 0.1) is 70.0 Å². The molecule has 0 atom stereocenters. The molecule has 0 N–H and O–H groups in total. The highest BCUT2D eigenvalue weighted by Crippen LogP contribution is 2.31. The molecule has 9 aromatic heterocycles. The molecule has 11 nitrogen and oxygen atoms in total. The van der Waals surface area contributed by atoms with Gasteiger partial charge in [0.2, 0.25) is 0 Å². The van der Waals surface area contributed by atoms with Gasteiger partial charge in [-0.25, -0.2) is 15.0 Å². The van der Waals surface area contributed by atoms with Crippen LogP contribution in [0.3, 0.4) is 0 Å². The van der Waals surface area contributed by atoms with Crippen LogP contribution in [0.4, 0.5) is 0 Å². The predicted molar refractivity (Wildman–Crippen MR) is 257 cm³/mol. The number of benzene rings is 2. The van der Waals surface area contributed by atoms with E-state index in [4.69, 9.17) is 25.1 Å². The Morgan fingerprint density at radius 3 is 0.939 bits per heavy atom. The Balaban J connectivity index is 0.768. The van der Waals surface area contributed by atoms with E-state index < -0.39 is 0 Å². The molecule has 0 aliphatic carbocycles. The normalized spacial score (nSPS) is 11.2. The topological polar surface area (TPSA) is 126 Å². The summed E-state index contributed by atoms with van der Waals surface area (Å²) in [5, 5.41) is 9.82. The largest absolute Gasteiger partial charge is 0.268 e. The standard InChI is InChI=1S/C55H39N11/c1-5-26-56-44(10-1)52-32-42(33-53(61-52)45-11-2-6-27-57-45)40-20-16-38(17-21-40)36-65-30-24-50(63-65)48-14-9-15-49(60-48)51-25-31-66(64-51)37-39-18-22-41(23-19-39)43-34-54(46-12-3-7-28-58-46)62-55(35-43)47-13-4-8-29-59-47/h1-35H,36-37H2. The van der Waals surface area contributed by atoms with Gasteiger partial charge < -0.3 is 0 Å². The molecule has 0 fully saturated rings. The second-order valence-electron chi connectivity index (χ2n) is 15.7. The van der Waals surface area contributed by atoms with Gasteiger partial charge in [-0.05, 0) is 130 Å². The third-order valence-corrected chi connectivity index (χ3v) is 11.2. The maximum absolute atomic E-state index is 4.98. The maximum Gasteiger partial charge on any atom is 0.111 e. The van der Waals surface area contributed by atoms with Gasteiger partial charge >= 0.3 is 0 Å². The summed E-state index contributed by atoms with van der Waals surface area (Å²) in [7, 11) is 0. The lowest BCUT2D eigenvalue weighted by molar-refractivity contribution is 0.688. The van der Waals surface area contributed by atoms with Crippen molar-refractivity contribution in [2.24, 2.45) is 0 Å². The summed E-state index contributed by atoms with van der Waals surface area (Å²) in [6, 6.07) is 58.8. The van der Waals surface area contributed by atoms with Gasteiger partial charge in [-0.3, -0.25) is 29.3 Å². The molecule has 2 aromatic carbocycles. The van der Waals surface area contributed by atoms with E-state index in [1.54, 1.807) is 24.8 Å². The highest BCUT2D eigenvalue weighted by atomic mass is 15.3. The van der Waals surface area contributed by atoms with Crippen molar-refractivity contribution in [3.63, 3.8) is 0 Å². The van der Waals surface area contributed by atoms with Gasteiger partial charge in [0.1, 0.15) is 11.4 Å². The van der Waals surface area contributed by atoms with Crippen LogP contribution in [-0.2, 0) is 13.1 Å². The molecule has 11 heteroatoms. The highest BCUT2D eigenvalue weighted by Gasteiger charge is 2.14. The van der Waals surface area contributed by atoms with Crippen LogP contribution in [0.25, 0.3) is 90.6 Å². The molecule has 0 aliphatic heterocycles. The Kier molecular flexibility index (Phi) is 10.8. The fraction of sp³-hybridized carbons (Fsp3) is 0.0364. The van der Waals surface area contributed by atoms with Gasteiger partial charge in [0.15, 0.2) is 0 Å². The molecule has 0 saturated heterocycles. The highest BCUT2D eigenvalue weighted by molar-refractivity contribution is 5.76. The molecule has 11 rings (SSSR count). The quantitative estimate of drug-likeness (QED) is 0.118. The molecule has 9 heterocycles. The zero-order valence-corrected chi connectivity index (χ0v) is 35.5. The van der Waals surface area contributed by atoms with E-state index in [0.29, 0.717) is 13.1 Å². The van der Waals surface area contributed by atoms with Crippen molar-refractivity contribution in [2.75, 3.05) is 0 Å². The number of pyridine rings is 7. The van der Waals surface area contributed by atoms with Crippen LogP contribution >= 0.6 is 0 Å². The van der Waals surface area contributed by atoms with Crippen molar-refractivity contribution in [1.29, 1.82) is 0 Å². The predicted octanol–water partition coefficient (Wildman–Crippen LogP) is 11.3. The number of hydrogen-bond acceptors (Lipinski definition) is 9. The van der Waals surface area contributed by atoms with E-state index in [2.05, 4.69) is 92.7 Å². The second-order valence-corrected chi connectivity index (χ2v) is 15.7. The summed E-state index contributed by atoms with van der Waals surface area (Å²) in [6.45, 7) is 1.22. The van der Waals surface area contributed by atoms with Crippen LogP contribution < -0.4 is 0 Å². The Morgan fingerprint density at radius 2 is 0.606 bits per heavy atom. The van der Waals surface area contributed by atoms with Gasteiger partial charge in [-0.1, -0.05) is 78.9 Å². The molecule has 66 heavy (non-hydrogen) atoms. The Hall–Kier alpha value is -9.09. The molecule has 0 bridgehead atoms. The fourth-order valence-corrected chi connectivity index (χ4v) is 7.85. The molecule has 0 saturated carbocycles. The monoisotopic (exact) mass is 853 g/mol. The van der Waals surface area contributed by atoms with Gasteiger partial charge in [0, 0.05) is 37.2 Å². The lowest BCUT2D eigenvalue weighted by atomic mass is 10.0. The molecular weight excluding hydrogens is 815 g/mol. The minimum atomic E-state index is 0.612. The molecule has 11 aromatic rings. The average Bonchev–Trinajstić information content (AvgIpc) is 4.08. The Bertz CT molecular complexity index is 3050. The van der Waals surface area contributed by atoms with E-state index >= 15 is 0 Å². The van der Waals surface area contributed by atoms with Crippen molar-refractivity contribution in [2.45, 2.75) is 13.1 Å². The fourth-order valence-electron chi connectivity index (χ4n) is 7.85. The number of nitrogens with zero attached hydrogens (tertiary/aromatic N) is 11. The van der Waals surface area contributed by atoms with Crippen LogP contribution in [0.15, 0.2) is 213 Å².